The molecule has 22 heavy (non-hydrogen) atoms. The van der Waals surface area contributed by atoms with Crippen LogP contribution >= 0.6 is 0 Å². The number of aromatic nitrogens is 1. The summed E-state index contributed by atoms with van der Waals surface area (Å²) >= 11 is 0. The van der Waals surface area contributed by atoms with E-state index in [1.807, 2.05) is 13.8 Å². The molecule has 1 amide bonds. The molecular formula is C18H28N2O2. The zero-order chi connectivity index (χ0) is 16.1. The highest BCUT2D eigenvalue weighted by Gasteiger charge is 2.61. The summed E-state index contributed by atoms with van der Waals surface area (Å²) in [6.45, 7) is 11.0. The summed E-state index contributed by atoms with van der Waals surface area (Å²) in [5.74, 6) is 1.75. The molecule has 122 valence electrons. The predicted molar refractivity (Wildman–Crippen MR) is 85.5 cm³/mol. The van der Waals surface area contributed by atoms with Crippen LogP contribution in [0.2, 0.25) is 0 Å². The van der Waals surface area contributed by atoms with Crippen molar-refractivity contribution in [2.24, 2.45) is 16.7 Å². The zero-order valence-corrected chi connectivity index (χ0v) is 14.5. The van der Waals surface area contributed by atoms with Crippen LogP contribution in [-0.2, 0) is 11.2 Å². The van der Waals surface area contributed by atoms with Crippen molar-refractivity contribution < 1.29 is 9.32 Å². The molecule has 2 saturated carbocycles. The first-order valence-corrected chi connectivity index (χ1v) is 8.47. The third kappa shape index (κ3) is 2.19. The fourth-order valence-corrected chi connectivity index (χ4v) is 4.79. The van der Waals surface area contributed by atoms with E-state index < -0.39 is 0 Å². The number of carbonyl (C=O) groups excluding carboxylic acids is 1. The first-order valence-electron chi connectivity index (χ1n) is 8.47. The second-order valence-corrected chi connectivity index (χ2v) is 8.03. The minimum Gasteiger partial charge on any atom is -0.361 e. The normalized spacial score (nSPS) is 32.4. The van der Waals surface area contributed by atoms with Gasteiger partial charge in [0.1, 0.15) is 5.76 Å². The summed E-state index contributed by atoms with van der Waals surface area (Å²) in [7, 11) is 0. The molecular weight excluding hydrogens is 276 g/mol. The van der Waals surface area contributed by atoms with Gasteiger partial charge < -0.3 is 9.84 Å². The van der Waals surface area contributed by atoms with Crippen LogP contribution in [0.3, 0.4) is 0 Å². The summed E-state index contributed by atoms with van der Waals surface area (Å²) in [4.78, 5) is 12.4. The lowest BCUT2D eigenvalue weighted by molar-refractivity contribution is -0.122. The van der Waals surface area contributed by atoms with E-state index in [4.69, 9.17) is 4.52 Å². The number of nitrogens with one attached hydrogen (secondary N) is 1. The Bertz CT molecular complexity index is 570. The highest BCUT2D eigenvalue weighted by Crippen LogP contribution is 2.65. The van der Waals surface area contributed by atoms with E-state index in [1.165, 1.54) is 12.8 Å². The molecule has 2 fully saturated rings. The summed E-state index contributed by atoms with van der Waals surface area (Å²) in [6, 6.07) is 0.332. The van der Waals surface area contributed by atoms with Crippen molar-refractivity contribution in [3.05, 3.63) is 17.0 Å². The van der Waals surface area contributed by atoms with Gasteiger partial charge in [-0.1, -0.05) is 25.9 Å². The Morgan fingerprint density at radius 1 is 1.36 bits per heavy atom. The molecule has 0 radical (unpaired) electrons. The van der Waals surface area contributed by atoms with Crippen LogP contribution in [0.15, 0.2) is 4.52 Å². The van der Waals surface area contributed by atoms with Crippen molar-refractivity contribution in [2.75, 3.05) is 0 Å². The monoisotopic (exact) mass is 304 g/mol. The van der Waals surface area contributed by atoms with Crippen LogP contribution in [-0.4, -0.2) is 17.1 Å². The summed E-state index contributed by atoms with van der Waals surface area (Å²) in [5, 5.41) is 7.27. The maximum atomic E-state index is 12.4. The van der Waals surface area contributed by atoms with Crippen molar-refractivity contribution in [3.8, 4) is 0 Å². The minimum atomic E-state index is 0.162. The van der Waals surface area contributed by atoms with E-state index in [0.717, 1.165) is 29.4 Å². The highest BCUT2D eigenvalue weighted by molar-refractivity contribution is 5.76. The number of fused-ring (bicyclic) bond motifs is 2. The van der Waals surface area contributed by atoms with Gasteiger partial charge in [0.25, 0.3) is 0 Å². The number of rotatable bonds is 4. The molecule has 1 heterocycles. The summed E-state index contributed by atoms with van der Waals surface area (Å²) < 4.78 is 5.16. The molecule has 3 rings (SSSR count). The lowest BCUT2D eigenvalue weighted by Gasteiger charge is -2.39. The van der Waals surface area contributed by atoms with E-state index in [9.17, 15) is 4.79 Å². The number of hydrogen-bond donors (Lipinski definition) is 1. The van der Waals surface area contributed by atoms with Gasteiger partial charge >= 0.3 is 0 Å². The fourth-order valence-electron chi connectivity index (χ4n) is 4.79. The van der Waals surface area contributed by atoms with Gasteiger partial charge in [0.05, 0.1) is 5.69 Å². The number of hydrogen-bond acceptors (Lipinski definition) is 3. The van der Waals surface area contributed by atoms with Crippen LogP contribution in [0.1, 0.15) is 63.5 Å². The maximum absolute atomic E-state index is 12.4. The Morgan fingerprint density at radius 3 is 2.59 bits per heavy atom. The van der Waals surface area contributed by atoms with Gasteiger partial charge in [0.2, 0.25) is 5.91 Å². The van der Waals surface area contributed by atoms with Gasteiger partial charge in [-0.15, -0.1) is 0 Å². The Kier molecular flexibility index (Phi) is 3.61. The molecule has 1 aromatic rings. The predicted octanol–water partition coefficient (Wildman–Crippen LogP) is 3.56. The van der Waals surface area contributed by atoms with Gasteiger partial charge in [0, 0.05) is 18.0 Å². The van der Waals surface area contributed by atoms with Gasteiger partial charge in [-0.3, -0.25) is 4.79 Å². The minimum absolute atomic E-state index is 0.162. The van der Waals surface area contributed by atoms with Crippen molar-refractivity contribution in [3.63, 3.8) is 0 Å². The van der Waals surface area contributed by atoms with Crippen LogP contribution in [0.4, 0.5) is 0 Å². The largest absolute Gasteiger partial charge is 0.361 e. The topological polar surface area (TPSA) is 55.1 Å². The second-order valence-electron chi connectivity index (χ2n) is 8.03. The summed E-state index contributed by atoms with van der Waals surface area (Å²) in [5.41, 5.74) is 2.57. The molecule has 2 aliphatic carbocycles. The Labute approximate surface area is 133 Å². The molecule has 0 aromatic carbocycles. The molecule has 4 nitrogen and oxygen atoms in total. The zero-order valence-electron chi connectivity index (χ0n) is 14.5. The SMILES string of the molecule is Cc1noc(C)c1CCC(=O)NC1CC2CCC1(C)C2(C)C. The van der Waals surface area contributed by atoms with Crippen LogP contribution in [0.5, 0.6) is 0 Å². The molecule has 2 aliphatic rings. The second kappa shape index (κ2) is 5.10. The molecule has 4 heteroatoms. The van der Waals surface area contributed by atoms with E-state index in [0.29, 0.717) is 24.3 Å². The first-order chi connectivity index (χ1) is 10.3. The Balaban J connectivity index is 1.60. The average Bonchev–Trinajstić information content (AvgIpc) is 2.94. The Morgan fingerprint density at radius 2 is 2.09 bits per heavy atom. The molecule has 0 spiro atoms. The fraction of sp³-hybridized carbons (Fsp3) is 0.778. The molecule has 3 atom stereocenters. The molecule has 0 saturated heterocycles. The highest BCUT2D eigenvalue weighted by atomic mass is 16.5. The van der Waals surface area contributed by atoms with Crippen molar-refractivity contribution in [1.29, 1.82) is 0 Å². The maximum Gasteiger partial charge on any atom is 0.220 e. The molecule has 3 unspecified atom stereocenters. The lowest BCUT2D eigenvalue weighted by atomic mass is 9.69. The lowest BCUT2D eigenvalue weighted by Crippen LogP contribution is -2.46. The smallest absolute Gasteiger partial charge is 0.220 e. The van der Waals surface area contributed by atoms with Gasteiger partial charge in [-0.25, -0.2) is 0 Å². The van der Waals surface area contributed by atoms with Gasteiger partial charge in [-0.05, 0) is 56.3 Å². The van der Waals surface area contributed by atoms with Gasteiger partial charge in [0.15, 0.2) is 0 Å². The van der Waals surface area contributed by atoms with Crippen LogP contribution in [0, 0.1) is 30.6 Å². The summed E-state index contributed by atoms with van der Waals surface area (Å²) in [6.07, 6.45) is 4.92. The van der Waals surface area contributed by atoms with E-state index in [1.54, 1.807) is 0 Å². The average molecular weight is 304 g/mol. The molecule has 1 aromatic heterocycles. The number of amides is 1. The van der Waals surface area contributed by atoms with Gasteiger partial charge in [-0.2, -0.15) is 0 Å². The van der Waals surface area contributed by atoms with Crippen molar-refractivity contribution in [1.82, 2.24) is 10.5 Å². The number of carbonyl (C=O) groups is 1. The van der Waals surface area contributed by atoms with E-state index >= 15 is 0 Å². The van der Waals surface area contributed by atoms with Crippen molar-refractivity contribution in [2.45, 2.75) is 72.8 Å². The number of aryl methyl sites for hydroxylation is 2. The van der Waals surface area contributed by atoms with Crippen LogP contribution in [0.25, 0.3) is 0 Å². The van der Waals surface area contributed by atoms with E-state index in [-0.39, 0.29) is 11.3 Å². The van der Waals surface area contributed by atoms with Crippen LogP contribution < -0.4 is 5.32 Å². The quantitative estimate of drug-likeness (QED) is 0.925. The third-order valence-corrected chi connectivity index (χ3v) is 6.91. The first kappa shape index (κ1) is 15.6. The Hall–Kier alpha value is -1.32. The van der Waals surface area contributed by atoms with E-state index in [2.05, 4.69) is 31.2 Å². The third-order valence-electron chi connectivity index (χ3n) is 6.91. The van der Waals surface area contributed by atoms with Crippen molar-refractivity contribution >= 4 is 5.91 Å². The number of nitrogens with zero attached hydrogens (tertiary/aromatic N) is 1. The standard InChI is InChI=1S/C18H28N2O2/c1-11-14(12(2)22-20-11)6-7-16(21)19-15-10-13-8-9-18(15,5)17(13,3)4/h13,15H,6-10H2,1-5H3,(H,19,21). The molecule has 0 aliphatic heterocycles. The molecule has 1 N–H and O–H groups in total. The molecule has 2 bridgehead atoms.